The molecule has 0 spiro atoms. The van der Waals surface area contributed by atoms with Crippen molar-refractivity contribution >= 4 is 11.6 Å². The van der Waals surface area contributed by atoms with Gasteiger partial charge in [0.1, 0.15) is 5.75 Å². The smallest absolute Gasteiger partial charge is 0.258 e. The Bertz CT molecular complexity index is 440. The van der Waals surface area contributed by atoms with Crippen LogP contribution in [-0.4, -0.2) is 18.6 Å². The lowest BCUT2D eigenvalue weighted by molar-refractivity contribution is -0.124. The summed E-state index contributed by atoms with van der Waals surface area (Å²) in [7, 11) is 0. The highest BCUT2D eigenvalue weighted by molar-refractivity contribution is 5.77. The van der Waals surface area contributed by atoms with Crippen LogP contribution >= 0.6 is 0 Å². The molecule has 0 heterocycles. The minimum atomic E-state index is -0.0487. The van der Waals surface area contributed by atoms with E-state index in [1.807, 2.05) is 6.07 Å². The van der Waals surface area contributed by atoms with Gasteiger partial charge in [-0.1, -0.05) is 19.4 Å². The summed E-state index contributed by atoms with van der Waals surface area (Å²) >= 11 is 0. The van der Waals surface area contributed by atoms with Crippen molar-refractivity contribution in [2.75, 3.05) is 12.3 Å². The third-order valence-electron chi connectivity index (χ3n) is 4.02. The molecule has 1 aliphatic rings. The molecule has 0 aliphatic heterocycles. The molecule has 1 amide bonds. The molecule has 0 saturated heterocycles. The fourth-order valence-corrected chi connectivity index (χ4v) is 2.74. The number of amides is 1. The normalized spacial score (nSPS) is 22.2. The largest absolute Gasteiger partial charge is 0.484 e. The quantitative estimate of drug-likeness (QED) is 0.813. The van der Waals surface area contributed by atoms with Gasteiger partial charge in [-0.05, 0) is 43.7 Å². The number of ether oxygens (including phenoxy) is 1. The van der Waals surface area contributed by atoms with Crippen LogP contribution < -0.4 is 15.8 Å². The number of nitrogen functional groups attached to an aromatic ring is 1. The van der Waals surface area contributed by atoms with E-state index in [4.69, 9.17) is 10.5 Å². The Labute approximate surface area is 120 Å². The number of rotatable bonds is 5. The van der Waals surface area contributed by atoms with E-state index in [1.54, 1.807) is 18.2 Å². The van der Waals surface area contributed by atoms with Gasteiger partial charge in [0, 0.05) is 17.8 Å². The van der Waals surface area contributed by atoms with Gasteiger partial charge in [-0.15, -0.1) is 0 Å². The summed E-state index contributed by atoms with van der Waals surface area (Å²) < 4.78 is 5.44. The first-order valence-electron chi connectivity index (χ1n) is 7.45. The van der Waals surface area contributed by atoms with Crippen molar-refractivity contribution in [2.45, 2.75) is 45.1 Å². The first-order valence-corrected chi connectivity index (χ1v) is 7.45. The molecule has 20 heavy (non-hydrogen) atoms. The molecule has 2 rings (SSSR count). The Morgan fingerprint density at radius 1 is 1.35 bits per heavy atom. The molecule has 0 radical (unpaired) electrons. The first-order chi connectivity index (χ1) is 9.67. The maximum atomic E-state index is 11.9. The van der Waals surface area contributed by atoms with Gasteiger partial charge in [-0.2, -0.15) is 0 Å². The number of benzene rings is 1. The summed E-state index contributed by atoms with van der Waals surface area (Å²) in [5.74, 6) is 1.42. The van der Waals surface area contributed by atoms with Gasteiger partial charge >= 0.3 is 0 Å². The van der Waals surface area contributed by atoms with Crippen LogP contribution in [0.1, 0.15) is 39.0 Å². The second-order valence-corrected chi connectivity index (χ2v) is 5.55. The van der Waals surface area contributed by atoms with Gasteiger partial charge in [-0.25, -0.2) is 0 Å². The molecular formula is C16H24N2O2. The molecule has 110 valence electrons. The maximum Gasteiger partial charge on any atom is 0.258 e. The molecule has 1 aliphatic carbocycles. The number of carbonyl (C=O) groups excluding carboxylic acids is 1. The Morgan fingerprint density at radius 2 is 2.10 bits per heavy atom. The van der Waals surface area contributed by atoms with E-state index >= 15 is 0 Å². The lowest BCUT2D eigenvalue weighted by Crippen LogP contribution is -2.40. The average Bonchev–Trinajstić information content (AvgIpc) is 2.46. The fraction of sp³-hybridized carbons (Fsp3) is 0.562. The first kappa shape index (κ1) is 14.7. The molecule has 0 bridgehead atoms. The van der Waals surface area contributed by atoms with Crippen molar-refractivity contribution in [1.29, 1.82) is 0 Å². The van der Waals surface area contributed by atoms with Gasteiger partial charge in [0.25, 0.3) is 5.91 Å². The second kappa shape index (κ2) is 7.17. The molecule has 4 nitrogen and oxygen atoms in total. The maximum absolute atomic E-state index is 11.9. The third kappa shape index (κ3) is 4.44. The molecule has 4 heteroatoms. The van der Waals surface area contributed by atoms with E-state index in [0.717, 1.165) is 18.8 Å². The predicted octanol–water partition coefficient (Wildman–Crippen LogP) is 2.73. The van der Waals surface area contributed by atoms with Crippen molar-refractivity contribution in [1.82, 2.24) is 5.32 Å². The van der Waals surface area contributed by atoms with Crippen molar-refractivity contribution < 1.29 is 9.53 Å². The molecule has 0 unspecified atom stereocenters. The Morgan fingerprint density at radius 3 is 2.75 bits per heavy atom. The van der Waals surface area contributed by atoms with Crippen LogP contribution in [0.4, 0.5) is 5.69 Å². The Hall–Kier alpha value is -1.71. The number of nitrogens with two attached hydrogens (primary N) is 1. The van der Waals surface area contributed by atoms with E-state index < -0.39 is 0 Å². The molecule has 0 atom stereocenters. The number of hydrogen-bond acceptors (Lipinski definition) is 3. The van der Waals surface area contributed by atoms with Crippen LogP contribution in [0.5, 0.6) is 5.75 Å². The van der Waals surface area contributed by atoms with E-state index in [2.05, 4.69) is 12.2 Å². The van der Waals surface area contributed by atoms with Crippen molar-refractivity contribution in [2.24, 2.45) is 5.92 Å². The zero-order chi connectivity index (χ0) is 14.4. The monoisotopic (exact) mass is 276 g/mol. The van der Waals surface area contributed by atoms with E-state index in [9.17, 15) is 4.79 Å². The van der Waals surface area contributed by atoms with Gasteiger partial charge in [0.15, 0.2) is 6.61 Å². The highest BCUT2D eigenvalue weighted by Gasteiger charge is 2.21. The fourth-order valence-electron chi connectivity index (χ4n) is 2.74. The molecule has 1 aromatic rings. The van der Waals surface area contributed by atoms with E-state index in [0.29, 0.717) is 17.5 Å². The molecule has 0 aromatic heterocycles. The highest BCUT2D eigenvalue weighted by Crippen LogP contribution is 2.26. The summed E-state index contributed by atoms with van der Waals surface area (Å²) in [6.07, 6.45) is 5.86. The summed E-state index contributed by atoms with van der Waals surface area (Å²) in [6, 6.07) is 7.44. The average molecular weight is 276 g/mol. The van der Waals surface area contributed by atoms with Crippen LogP contribution in [0.3, 0.4) is 0 Å². The highest BCUT2D eigenvalue weighted by atomic mass is 16.5. The minimum absolute atomic E-state index is 0.0487. The number of carbonyl (C=O) groups is 1. The lowest BCUT2D eigenvalue weighted by atomic mass is 9.84. The van der Waals surface area contributed by atoms with Gasteiger partial charge in [-0.3, -0.25) is 4.79 Å². The Kier molecular flexibility index (Phi) is 5.27. The van der Waals surface area contributed by atoms with Crippen LogP contribution in [0, 0.1) is 5.92 Å². The predicted molar refractivity (Wildman–Crippen MR) is 80.5 cm³/mol. The van der Waals surface area contributed by atoms with Crippen molar-refractivity contribution in [3.8, 4) is 5.75 Å². The Balaban J connectivity index is 1.71. The van der Waals surface area contributed by atoms with E-state index in [-0.39, 0.29) is 12.5 Å². The zero-order valence-electron chi connectivity index (χ0n) is 12.1. The molecule has 1 saturated carbocycles. The molecule has 3 N–H and O–H groups in total. The van der Waals surface area contributed by atoms with Gasteiger partial charge in [0.05, 0.1) is 0 Å². The standard InChI is InChI=1S/C16H24N2O2/c1-2-12-6-8-14(9-7-12)18-16(19)11-20-15-5-3-4-13(17)10-15/h3-5,10,12,14H,2,6-9,11,17H2,1H3,(H,18,19). The zero-order valence-corrected chi connectivity index (χ0v) is 12.1. The van der Waals surface area contributed by atoms with Crippen LogP contribution in [-0.2, 0) is 4.79 Å². The summed E-state index contributed by atoms with van der Waals surface area (Å²) in [6.45, 7) is 2.29. The molecule has 1 fully saturated rings. The van der Waals surface area contributed by atoms with Crippen LogP contribution in [0.15, 0.2) is 24.3 Å². The number of nitrogens with one attached hydrogen (secondary N) is 1. The summed E-state index contributed by atoms with van der Waals surface area (Å²) in [4.78, 5) is 11.9. The van der Waals surface area contributed by atoms with Gasteiger partial charge < -0.3 is 15.8 Å². The van der Waals surface area contributed by atoms with E-state index in [1.165, 1.54) is 19.3 Å². The number of anilines is 1. The lowest BCUT2D eigenvalue weighted by Gasteiger charge is -2.28. The van der Waals surface area contributed by atoms with Crippen LogP contribution in [0.25, 0.3) is 0 Å². The second-order valence-electron chi connectivity index (χ2n) is 5.55. The SMILES string of the molecule is CCC1CCC(NC(=O)COc2cccc(N)c2)CC1. The minimum Gasteiger partial charge on any atom is -0.484 e. The van der Waals surface area contributed by atoms with Crippen molar-refractivity contribution in [3.05, 3.63) is 24.3 Å². The van der Waals surface area contributed by atoms with Crippen molar-refractivity contribution in [3.63, 3.8) is 0 Å². The molecule has 1 aromatic carbocycles. The molecular weight excluding hydrogens is 252 g/mol. The topological polar surface area (TPSA) is 64.3 Å². The van der Waals surface area contributed by atoms with Gasteiger partial charge in [0.2, 0.25) is 0 Å². The summed E-state index contributed by atoms with van der Waals surface area (Å²) in [5, 5.41) is 3.05. The summed E-state index contributed by atoms with van der Waals surface area (Å²) in [5.41, 5.74) is 6.30. The third-order valence-corrected chi connectivity index (χ3v) is 4.02. The van der Waals surface area contributed by atoms with Crippen LogP contribution in [0.2, 0.25) is 0 Å². The number of hydrogen-bond donors (Lipinski definition) is 2.